The number of nitriles is 1. The van der Waals surface area contributed by atoms with Crippen LogP contribution in [-0.2, 0) is 13.2 Å². The second kappa shape index (κ2) is 9.23. The first-order valence-electron chi connectivity index (χ1n) is 7.15. The molecule has 1 heterocycles. The number of unbranched alkanes of at least 4 members (excludes halogenated alkanes) is 1. The molecule has 5 nitrogen and oxygen atoms in total. The number of halogens is 1. The van der Waals surface area contributed by atoms with Crippen LogP contribution in [0, 0.1) is 11.3 Å². The third kappa shape index (κ3) is 5.31. The fourth-order valence-corrected chi connectivity index (χ4v) is 2.87. The lowest BCUT2D eigenvalue weighted by atomic mass is 10.3. The fraction of sp³-hybridized carbons (Fsp3) is 0.312. The summed E-state index contributed by atoms with van der Waals surface area (Å²) in [4.78, 5) is 0. The van der Waals surface area contributed by atoms with Crippen molar-refractivity contribution < 1.29 is 4.74 Å². The highest BCUT2D eigenvalue weighted by Crippen LogP contribution is 2.20. The van der Waals surface area contributed by atoms with Crippen molar-refractivity contribution in [2.75, 3.05) is 5.75 Å². The van der Waals surface area contributed by atoms with E-state index in [4.69, 9.17) is 21.6 Å². The number of allylic oxidation sites excluding steroid dienone is 1. The summed E-state index contributed by atoms with van der Waals surface area (Å²) in [6.07, 6.45) is 3.18. The molecule has 0 amide bonds. The monoisotopic (exact) mass is 348 g/mol. The van der Waals surface area contributed by atoms with Crippen molar-refractivity contribution in [1.82, 2.24) is 14.8 Å². The van der Waals surface area contributed by atoms with Gasteiger partial charge in [0.1, 0.15) is 12.4 Å². The van der Waals surface area contributed by atoms with Crippen molar-refractivity contribution in [2.24, 2.45) is 0 Å². The van der Waals surface area contributed by atoms with E-state index in [-0.39, 0.29) is 0 Å². The van der Waals surface area contributed by atoms with Crippen LogP contribution >= 0.6 is 23.4 Å². The Balaban J connectivity index is 2.00. The van der Waals surface area contributed by atoms with Crippen LogP contribution in [0.25, 0.3) is 0 Å². The number of nitrogens with zero attached hydrogens (tertiary/aromatic N) is 4. The molecule has 0 saturated carbocycles. The van der Waals surface area contributed by atoms with Gasteiger partial charge in [0.15, 0.2) is 11.0 Å². The average Bonchev–Trinajstić information content (AvgIpc) is 2.94. The third-order valence-corrected chi connectivity index (χ3v) is 4.26. The molecule has 0 aliphatic carbocycles. The first kappa shape index (κ1) is 17.4. The Hall–Kier alpha value is -1.97. The van der Waals surface area contributed by atoms with Gasteiger partial charge in [-0.1, -0.05) is 29.4 Å². The Morgan fingerprint density at radius 3 is 2.83 bits per heavy atom. The zero-order valence-corrected chi connectivity index (χ0v) is 14.2. The molecule has 0 radical (unpaired) electrons. The Labute approximate surface area is 144 Å². The minimum Gasteiger partial charge on any atom is -0.486 e. The molecule has 0 aliphatic heterocycles. The van der Waals surface area contributed by atoms with Crippen LogP contribution in [0.1, 0.15) is 18.7 Å². The van der Waals surface area contributed by atoms with E-state index in [1.165, 1.54) is 0 Å². The summed E-state index contributed by atoms with van der Waals surface area (Å²) in [5.41, 5.74) is 0. The van der Waals surface area contributed by atoms with Gasteiger partial charge in [-0.05, 0) is 30.7 Å². The Morgan fingerprint density at radius 2 is 2.13 bits per heavy atom. The molecular formula is C16H17ClN4OS. The average molecular weight is 349 g/mol. The van der Waals surface area contributed by atoms with Crippen molar-refractivity contribution >= 4 is 23.4 Å². The van der Waals surface area contributed by atoms with E-state index in [0.717, 1.165) is 28.9 Å². The summed E-state index contributed by atoms with van der Waals surface area (Å²) >= 11 is 7.44. The highest BCUT2D eigenvalue weighted by atomic mass is 35.5. The summed E-state index contributed by atoms with van der Waals surface area (Å²) in [7, 11) is 0. The van der Waals surface area contributed by atoms with Gasteiger partial charge in [-0.25, -0.2) is 0 Å². The number of hydrogen-bond donors (Lipinski definition) is 0. The number of aromatic nitrogens is 3. The first-order valence-corrected chi connectivity index (χ1v) is 8.52. The number of benzene rings is 1. The molecule has 0 N–H and O–H groups in total. The highest BCUT2D eigenvalue weighted by molar-refractivity contribution is 7.99. The van der Waals surface area contributed by atoms with E-state index in [9.17, 15) is 0 Å². The summed E-state index contributed by atoms with van der Waals surface area (Å²) in [6, 6.07) is 9.33. The lowest BCUT2D eigenvalue weighted by Crippen LogP contribution is -2.07. The van der Waals surface area contributed by atoms with Gasteiger partial charge >= 0.3 is 0 Å². The summed E-state index contributed by atoms with van der Waals surface area (Å²) < 4.78 is 7.69. The van der Waals surface area contributed by atoms with E-state index in [1.54, 1.807) is 30.0 Å². The van der Waals surface area contributed by atoms with Gasteiger partial charge in [-0.3, -0.25) is 4.57 Å². The van der Waals surface area contributed by atoms with E-state index < -0.39 is 0 Å². The lowest BCUT2D eigenvalue weighted by molar-refractivity contribution is 0.289. The van der Waals surface area contributed by atoms with Crippen LogP contribution in [0.3, 0.4) is 0 Å². The summed E-state index contributed by atoms with van der Waals surface area (Å²) in [5.74, 6) is 2.30. The molecule has 1 aromatic heterocycles. The third-order valence-electron chi connectivity index (χ3n) is 2.95. The maximum absolute atomic E-state index is 8.57. The second-order valence-electron chi connectivity index (χ2n) is 4.65. The van der Waals surface area contributed by atoms with Crippen LogP contribution in [-0.4, -0.2) is 20.5 Å². The fourth-order valence-electron chi connectivity index (χ4n) is 1.84. The molecule has 0 aliphatic rings. The molecule has 0 spiro atoms. The van der Waals surface area contributed by atoms with Gasteiger partial charge < -0.3 is 4.74 Å². The molecule has 0 atom stereocenters. The van der Waals surface area contributed by atoms with E-state index in [0.29, 0.717) is 24.6 Å². The molecule has 0 fully saturated rings. The topological polar surface area (TPSA) is 63.7 Å². The first-order chi connectivity index (χ1) is 11.2. The zero-order valence-electron chi connectivity index (χ0n) is 12.6. The standard InChI is InChI=1S/C16H17ClN4OS/c1-2-10-21-15(12-22-14-7-5-13(17)6-8-14)19-20-16(21)23-11-4-3-9-18/h2,5-8H,1,3-4,10-12H2. The second-order valence-corrected chi connectivity index (χ2v) is 6.15. The summed E-state index contributed by atoms with van der Waals surface area (Å²) in [6.45, 7) is 4.71. The molecular weight excluding hydrogens is 332 g/mol. The number of thioether (sulfide) groups is 1. The SMILES string of the molecule is C=CCn1c(COc2ccc(Cl)cc2)nnc1SCCCC#N. The minimum atomic E-state index is 0.321. The zero-order chi connectivity index (χ0) is 16.5. The molecule has 2 aromatic rings. The van der Waals surface area contributed by atoms with Crippen molar-refractivity contribution in [3.63, 3.8) is 0 Å². The normalized spacial score (nSPS) is 10.3. The Kier molecular flexibility index (Phi) is 6.98. The highest BCUT2D eigenvalue weighted by Gasteiger charge is 2.12. The largest absolute Gasteiger partial charge is 0.486 e. The molecule has 0 unspecified atom stereocenters. The minimum absolute atomic E-state index is 0.321. The van der Waals surface area contributed by atoms with Crippen molar-refractivity contribution in [3.05, 3.63) is 47.8 Å². The maximum atomic E-state index is 8.57. The van der Waals surface area contributed by atoms with Crippen LogP contribution in [0.4, 0.5) is 0 Å². The van der Waals surface area contributed by atoms with Crippen LogP contribution in [0.2, 0.25) is 5.02 Å². The molecule has 7 heteroatoms. The number of ether oxygens (including phenoxy) is 1. The molecule has 0 saturated heterocycles. The molecule has 0 bridgehead atoms. The quantitative estimate of drug-likeness (QED) is 0.388. The van der Waals surface area contributed by atoms with Gasteiger partial charge in [-0.2, -0.15) is 5.26 Å². The predicted molar refractivity (Wildman–Crippen MR) is 91.6 cm³/mol. The van der Waals surface area contributed by atoms with Gasteiger partial charge in [0, 0.05) is 23.7 Å². The van der Waals surface area contributed by atoms with E-state index >= 15 is 0 Å². The molecule has 1 aromatic carbocycles. The lowest BCUT2D eigenvalue weighted by Gasteiger charge is -2.09. The van der Waals surface area contributed by atoms with E-state index in [2.05, 4.69) is 22.8 Å². The van der Waals surface area contributed by atoms with Crippen molar-refractivity contribution in [1.29, 1.82) is 5.26 Å². The maximum Gasteiger partial charge on any atom is 0.191 e. The van der Waals surface area contributed by atoms with Gasteiger partial charge in [0.05, 0.1) is 6.07 Å². The predicted octanol–water partition coefficient (Wildman–Crippen LogP) is 4.09. The van der Waals surface area contributed by atoms with Crippen LogP contribution < -0.4 is 4.74 Å². The Bertz CT molecular complexity index is 678. The van der Waals surface area contributed by atoms with E-state index in [1.807, 2.05) is 16.7 Å². The Morgan fingerprint density at radius 1 is 1.35 bits per heavy atom. The van der Waals surface area contributed by atoms with Gasteiger partial charge in [-0.15, -0.1) is 16.8 Å². The molecule has 2 rings (SSSR count). The van der Waals surface area contributed by atoms with Crippen LogP contribution in [0.5, 0.6) is 5.75 Å². The number of rotatable bonds is 9. The van der Waals surface area contributed by atoms with Gasteiger partial charge in [0.25, 0.3) is 0 Å². The smallest absolute Gasteiger partial charge is 0.191 e. The molecule has 23 heavy (non-hydrogen) atoms. The van der Waals surface area contributed by atoms with Crippen LogP contribution in [0.15, 0.2) is 42.1 Å². The van der Waals surface area contributed by atoms with Crippen molar-refractivity contribution in [2.45, 2.75) is 31.1 Å². The van der Waals surface area contributed by atoms with Crippen molar-refractivity contribution in [3.8, 4) is 11.8 Å². The summed E-state index contributed by atoms with van der Waals surface area (Å²) in [5, 5.41) is 18.5. The van der Waals surface area contributed by atoms with Gasteiger partial charge in [0.2, 0.25) is 0 Å². The molecule has 120 valence electrons. The number of hydrogen-bond acceptors (Lipinski definition) is 5.